The first-order valence-corrected chi connectivity index (χ1v) is 8.06. The molecule has 0 spiro atoms. The second kappa shape index (κ2) is 5.54. The quantitative estimate of drug-likeness (QED) is 0.839. The maximum atomic E-state index is 13.1. The van der Waals surface area contributed by atoms with E-state index in [-0.39, 0.29) is 9.37 Å². The van der Waals surface area contributed by atoms with Crippen LogP contribution in [-0.2, 0) is 10.0 Å². The lowest BCUT2D eigenvalue weighted by Gasteiger charge is -2.20. The Morgan fingerprint density at radius 3 is 2.45 bits per heavy atom. The van der Waals surface area contributed by atoms with E-state index in [1.54, 1.807) is 18.2 Å². The maximum Gasteiger partial charge on any atom is 0.265 e. The Labute approximate surface area is 126 Å². The summed E-state index contributed by atoms with van der Waals surface area (Å²) in [4.78, 5) is 0.0305. The number of nitrogens with zero attached hydrogens (tertiary/aromatic N) is 1. The molecule has 3 nitrogen and oxygen atoms in total. The van der Waals surface area contributed by atoms with Gasteiger partial charge in [0, 0.05) is 11.5 Å². The van der Waals surface area contributed by atoms with Crippen LogP contribution in [0.1, 0.15) is 5.56 Å². The highest BCUT2D eigenvalue weighted by molar-refractivity contribution is 9.10. The molecule has 0 unspecified atom stereocenters. The number of anilines is 1. The molecular formula is C14H13BrFNO2S. The van der Waals surface area contributed by atoms with Crippen molar-refractivity contribution < 1.29 is 12.8 Å². The van der Waals surface area contributed by atoms with Crippen molar-refractivity contribution in [1.82, 2.24) is 0 Å². The van der Waals surface area contributed by atoms with E-state index in [1.807, 2.05) is 13.0 Å². The molecule has 2 aromatic carbocycles. The van der Waals surface area contributed by atoms with Gasteiger partial charge in [-0.05, 0) is 58.7 Å². The van der Waals surface area contributed by atoms with E-state index in [0.29, 0.717) is 5.69 Å². The predicted octanol–water partition coefficient (Wildman–Crippen LogP) is 3.72. The third-order valence-corrected chi connectivity index (χ3v) is 5.66. The summed E-state index contributed by atoms with van der Waals surface area (Å²) in [6.07, 6.45) is 0. The highest BCUT2D eigenvalue weighted by Crippen LogP contribution is 2.28. The monoisotopic (exact) mass is 357 g/mol. The lowest BCUT2D eigenvalue weighted by molar-refractivity contribution is 0.592. The molecule has 0 radical (unpaired) electrons. The van der Waals surface area contributed by atoms with E-state index < -0.39 is 15.8 Å². The first-order valence-electron chi connectivity index (χ1n) is 5.83. The zero-order valence-electron chi connectivity index (χ0n) is 11.0. The molecule has 0 atom stereocenters. The number of aryl methyl sites for hydroxylation is 1. The molecule has 0 aromatic heterocycles. The van der Waals surface area contributed by atoms with Crippen molar-refractivity contribution >= 4 is 31.6 Å². The summed E-state index contributed by atoms with van der Waals surface area (Å²) in [5.74, 6) is -0.492. The molecular weight excluding hydrogens is 345 g/mol. The third-order valence-electron chi connectivity index (χ3n) is 2.90. The van der Waals surface area contributed by atoms with Gasteiger partial charge in [0.05, 0.1) is 5.69 Å². The average Bonchev–Trinajstić information content (AvgIpc) is 2.37. The molecule has 6 heteroatoms. The molecule has 0 aliphatic carbocycles. The Bertz CT molecular complexity index is 747. The van der Waals surface area contributed by atoms with E-state index in [0.717, 1.165) is 17.7 Å². The smallest absolute Gasteiger partial charge is 0.265 e. The van der Waals surface area contributed by atoms with Crippen molar-refractivity contribution in [2.75, 3.05) is 11.4 Å². The topological polar surface area (TPSA) is 37.4 Å². The second-order valence-electron chi connectivity index (χ2n) is 4.39. The predicted molar refractivity (Wildman–Crippen MR) is 80.9 cm³/mol. The molecule has 2 aromatic rings. The molecule has 0 heterocycles. The van der Waals surface area contributed by atoms with Crippen LogP contribution in [0.5, 0.6) is 0 Å². The van der Waals surface area contributed by atoms with E-state index >= 15 is 0 Å². The van der Waals surface area contributed by atoms with Gasteiger partial charge in [0.1, 0.15) is 10.7 Å². The summed E-state index contributed by atoms with van der Waals surface area (Å²) < 4.78 is 39.6. The van der Waals surface area contributed by atoms with Crippen molar-refractivity contribution in [3.8, 4) is 0 Å². The standard InChI is InChI=1S/C14H13BrFNO2S/c1-10-4-3-5-12(8-10)17(2)20(18,19)14-7-6-11(16)9-13(14)15/h3-9H,1-2H3. The fourth-order valence-electron chi connectivity index (χ4n) is 1.79. The van der Waals surface area contributed by atoms with E-state index in [1.165, 1.54) is 17.4 Å². The van der Waals surface area contributed by atoms with Crippen molar-refractivity contribution in [1.29, 1.82) is 0 Å². The van der Waals surface area contributed by atoms with E-state index in [2.05, 4.69) is 15.9 Å². The lowest BCUT2D eigenvalue weighted by atomic mass is 10.2. The summed E-state index contributed by atoms with van der Waals surface area (Å²) in [5, 5.41) is 0. The van der Waals surface area contributed by atoms with Crippen LogP contribution >= 0.6 is 15.9 Å². The minimum absolute atomic E-state index is 0.0305. The summed E-state index contributed by atoms with van der Waals surface area (Å²) in [7, 11) is -2.26. The van der Waals surface area contributed by atoms with Gasteiger partial charge < -0.3 is 0 Å². The maximum absolute atomic E-state index is 13.1. The highest BCUT2D eigenvalue weighted by atomic mass is 79.9. The van der Waals surface area contributed by atoms with Gasteiger partial charge in [0.2, 0.25) is 0 Å². The average molecular weight is 358 g/mol. The van der Waals surface area contributed by atoms with Crippen LogP contribution in [0.25, 0.3) is 0 Å². The Morgan fingerprint density at radius 1 is 1.15 bits per heavy atom. The number of sulfonamides is 1. The van der Waals surface area contributed by atoms with E-state index in [4.69, 9.17) is 0 Å². The summed E-state index contributed by atoms with van der Waals surface area (Å²) in [6.45, 7) is 1.89. The summed E-state index contributed by atoms with van der Waals surface area (Å²) in [5.41, 5.74) is 1.52. The Kier molecular flexibility index (Phi) is 4.15. The van der Waals surface area contributed by atoms with Crippen molar-refractivity contribution in [3.63, 3.8) is 0 Å². The number of rotatable bonds is 3. The zero-order chi connectivity index (χ0) is 14.9. The molecule has 0 saturated carbocycles. The van der Waals surface area contributed by atoms with Crippen LogP contribution in [0.2, 0.25) is 0 Å². The minimum atomic E-state index is -3.74. The number of hydrogen-bond acceptors (Lipinski definition) is 2. The fourth-order valence-corrected chi connectivity index (χ4v) is 3.99. The summed E-state index contributed by atoms with van der Waals surface area (Å²) in [6, 6.07) is 10.7. The third kappa shape index (κ3) is 2.86. The Balaban J connectivity index is 2.49. The number of hydrogen-bond donors (Lipinski definition) is 0. The van der Waals surface area contributed by atoms with Crippen LogP contribution in [0.4, 0.5) is 10.1 Å². The van der Waals surface area contributed by atoms with Crippen molar-refractivity contribution in [2.45, 2.75) is 11.8 Å². The van der Waals surface area contributed by atoms with Gasteiger partial charge in [0.25, 0.3) is 10.0 Å². The normalized spacial score (nSPS) is 11.4. The Morgan fingerprint density at radius 2 is 1.85 bits per heavy atom. The molecule has 0 bridgehead atoms. The minimum Gasteiger partial charge on any atom is -0.269 e. The Hall–Kier alpha value is -1.40. The van der Waals surface area contributed by atoms with Crippen LogP contribution in [-0.4, -0.2) is 15.5 Å². The molecule has 0 aliphatic heterocycles. The first-order chi connectivity index (χ1) is 9.32. The van der Waals surface area contributed by atoms with Crippen LogP contribution < -0.4 is 4.31 Å². The van der Waals surface area contributed by atoms with Gasteiger partial charge in [-0.2, -0.15) is 0 Å². The number of halogens is 2. The van der Waals surface area contributed by atoms with Gasteiger partial charge >= 0.3 is 0 Å². The van der Waals surface area contributed by atoms with Crippen molar-refractivity contribution in [2.24, 2.45) is 0 Å². The molecule has 0 aliphatic rings. The number of benzene rings is 2. The van der Waals surface area contributed by atoms with Crippen LogP contribution in [0.3, 0.4) is 0 Å². The van der Waals surface area contributed by atoms with Gasteiger partial charge in [-0.15, -0.1) is 0 Å². The second-order valence-corrected chi connectivity index (χ2v) is 7.18. The zero-order valence-corrected chi connectivity index (χ0v) is 13.4. The van der Waals surface area contributed by atoms with Crippen LogP contribution in [0.15, 0.2) is 51.8 Å². The summed E-state index contributed by atoms with van der Waals surface area (Å²) >= 11 is 3.09. The molecule has 0 saturated heterocycles. The largest absolute Gasteiger partial charge is 0.269 e. The van der Waals surface area contributed by atoms with E-state index in [9.17, 15) is 12.8 Å². The molecule has 2 rings (SSSR count). The van der Waals surface area contributed by atoms with Crippen LogP contribution in [0, 0.1) is 12.7 Å². The SMILES string of the molecule is Cc1cccc(N(C)S(=O)(=O)c2ccc(F)cc2Br)c1. The van der Waals surface area contributed by atoms with Gasteiger partial charge in [0.15, 0.2) is 0 Å². The van der Waals surface area contributed by atoms with Gasteiger partial charge in [-0.3, -0.25) is 4.31 Å². The highest BCUT2D eigenvalue weighted by Gasteiger charge is 2.24. The van der Waals surface area contributed by atoms with Crippen molar-refractivity contribution in [3.05, 3.63) is 58.3 Å². The van der Waals surface area contributed by atoms with Gasteiger partial charge in [-0.1, -0.05) is 12.1 Å². The molecule has 20 heavy (non-hydrogen) atoms. The molecule has 0 N–H and O–H groups in total. The lowest BCUT2D eigenvalue weighted by Crippen LogP contribution is -2.26. The first kappa shape index (κ1) is 15.0. The molecule has 106 valence electrons. The van der Waals surface area contributed by atoms with Gasteiger partial charge in [-0.25, -0.2) is 12.8 Å². The fraction of sp³-hybridized carbons (Fsp3) is 0.143. The molecule has 0 fully saturated rings. The molecule has 0 amide bonds.